The molecule has 0 bridgehead atoms. The molecule has 14 heavy (non-hydrogen) atoms. The Morgan fingerprint density at radius 1 is 1.64 bits per heavy atom. The van der Waals surface area contributed by atoms with Gasteiger partial charge in [-0.2, -0.15) is 0 Å². The van der Waals surface area contributed by atoms with E-state index in [1.807, 2.05) is 19.9 Å². The quantitative estimate of drug-likeness (QED) is 0.638. The van der Waals surface area contributed by atoms with Crippen molar-refractivity contribution in [2.75, 3.05) is 0 Å². The lowest BCUT2D eigenvalue weighted by molar-refractivity contribution is 0.0945. The number of carbonyl (C=O) groups is 1. The van der Waals surface area contributed by atoms with Crippen LogP contribution in [0.1, 0.15) is 28.2 Å². The van der Waals surface area contributed by atoms with Crippen molar-refractivity contribution in [3.05, 3.63) is 23.0 Å². The summed E-state index contributed by atoms with van der Waals surface area (Å²) in [5, 5.41) is 2.88. The lowest BCUT2D eigenvalue weighted by atomic mass is 10.2. The monoisotopic (exact) mass is 193 g/mol. The molecule has 0 aromatic carbocycles. The van der Waals surface area contributed by atoms with Crippen LogP contribution in [0.5, 0.6) is 0 Å². The van der Waals surface area contributed by atoms with Gasteiger partial charge in [0.25, 0.3) is 5.91 Å². The Morgan fingerprint density at radius 2 is 2.29 bits per heavy atom. The predicted molar refractivity (Wildman–Crippen MR) is 54.1 cm³/mol. The molecule has 2 atom stereocenters. The fraction of sp³-hybridized carbons (Fsp3) is 0.500. The van der Waals surface area contributed by atoms with Crippen molar-refractivity contribution < 1.29 is 4.79 Å². The van der Waals surface area contributed by atoms with Gasteiger partial charge in [-0.3, -0.25) is 4.79 Å². The largest absolute Gasteiger partial charge is 0.354 e. The molecule has 1 fully saturated rings. The molecule has 4 heteroatoms. The molecule has 4 nitrogen and oxygen atoms in total. The number of aromatic nitrogens is 1. The maximum atomic E-state index is 11.7. The van der Waals surface area contributed by atoms with Crippen LogP contribution in [0.2, 0.25) is 0 Å². The van der Waals surface area contributed by atoms with E-state index in [0.717, 1.165) is 17.7 Å². The summed E-state index contributed by atoms with van der Waals surface area (Å²) < 4.78 is 0. The highest BCUT2D eigenvalue weighted by Gasteiger charge is 2.35. The summed E-state index contributed by atoms with van der Waals surface area (Å²) in [6, 6.07) is 2.28. The molecule has 1 aliphatic carbocycles. The number of aromatic amines is 1. The molecular formula is C10H15N3O. The molecule has 0 radical (unpaired) electrons. The molecule has 76 valence electrons. The number of nitrogens with one attached hydrogen (secondary N) is 2. The smallest absolute Gasteiger partial charge is 0.268 e. The standard InChI is InChI=1S/C10H15N3O/c1-5-3-6(2)12-9(5)10(14)13-8-4-7(8)11/h3,7-8,12H,4,11H2,1-2H3,(H,13,14). The van der Waals surface area contributed by atoms with Crippen LogP contribution in [0.25, 0.3) is 0 Å². The van der Waals surface area contributed by atoms with Crippen LogP contribution in [0, 0.1) is 13.8 Å². The van der Waals surface area contributed by atoms with Crippen LogP contribution in [-0.2, 0) is 0 Å². The van der Waals surface area contributed by atoms with E-state index in [0.29, 0.717) is 5.69 Å². The predicted octanol–water partition coefficient (Wildman–Crippen LogP) is 0.461. The van der Waals surface area contributed by atoms with Gasteiger partial charge in [0.05, 0.1) is 0 Å². The Hall–Kier alpha value is -1.29. The maximum Gasteiger partial charge on any atom is 0.268 e. The summed E-state index contributed by atoms with van der Waals surface area (Å²) >= 11 is 0. The number of amides is 1. The number of rotatable bonds is 2. The molecule has 0 aliphatic heterocycles. The lowest BCUT2D eigenvalue weighted by Crippen LogP contribution is -2.30. The molecule has 1 aliphatic rings. The molecule has 2 rings (SSSR count). The van der Waals surface area contributed by atoms with Gasteiger partial charge in [0.15, 0.2) is 0 Å². The van der Waals surface area contributed by atoms with Crippen molar-refractivity contribution >= 4 is 5.91 Å². The van der Waals surface area contributed by atoms with Gasteiger partial charge in [-0.25, -0.2) is 0 Å². The summed E-state index contributed by atoms with van der Waals surface area (Å²) in [5.74, 6) is -0.0476. The first-order valence-electron chi connectivity index (χ1n) is 4.80. The molecule has 0 saturated heterocycles. The zero-order valence-corrected chi connectivity index (χ0v) is 8.42. The Labute approximate surface area is 82.9 Å². The number of H-pyrrole nitrogens is 1. The number of hydrogen-bond donors (Lipinski definition) is 3. The van der Waals surface area contributed by atoms with Gasteiger partial charge in [-0.1, -0.05) is 0 Å². The van der Waals surface area contributed by atoms with Crippen molar-refractivity contribution in [1.29, 1.82) is 0 Å². The molecule has 1 amide bonds. The highest BCUT2D eigenvalue weighted by Crippen LogP contribution is 2.19. The minimum atomic E-state index is -0.0476. The Balaban J connectivity index is 2.07. The van der Waals surface area contributed by atoms with E-state index < -0.39 is 0 Å². The molecule has 0 spiro atoms. The number of carbonyl (C=O) groups excluding carboxylic acids is 1. The third-order valence-electron chi connectivity index (χ3n) is 2.53. The lowest BCUT2D eigenvalue weighted by Gasteiger charge is -2.02. The third kappa shape index (κ3) is 1.65. The van der Waals surface area contributed by atoms with E-state index in [9.17, 15) is 4.79 Å². The number of aryl methyl sites for hydroxylation is 2. The van der Waals surface area contributed by atoms with E-state index in [4.69, 9.17) is 5.73 Å². The molecule has 1 aromatic heterocycles. The maximum absolute atomic E-state index is 11.7. The highest BCUT2D eigenvalue weighted by molar-refractivity contribution is 5.94. The van der Waals surface area contributed by atoms with Crippen molar-refractivity contribution in [2.24, 2.45) is 5.73 Å². The van der Waals surface area contributed by atoms with Crippen molar-refractivity contribution in [1.82, 2.24) is 10.3 Å². The average molecular weight is 193 g/mol. The zero-order chi connectivity index (χ0) is 10.3. The molecule has 4 N–H and O–H groups in total. The summed E-state index contributed by atoms with van der Waals surface area (Å²) in [6.45, 7) is 3.86. The number of nitrogens with two attached hydrogens (primary N) is 1. The average Bonchev–Trinajstić information content (AvgIpc) is 2.64. The second kappa shape index (κ2) is 3.13. The minimum absolute atomic E-state index is 0.0476. The second-order valence-electron chi connectivity index (χ2n) is 3.99. The Kier molecular flexibility index (Phi) is 2.07. The minimum Gasteiger partial charge on any atom is -0.354 e. The van der Waals surface area contributed by atoms with Gasteiger partial charge < -0.3 is 16.0 Å². The normalized spacial score (nSPS) is 24.8. The molecule has 1 saturated carbocycles. The van der Waals surface area contributed by atoms with Gasteiger partial charge in [-0.15, -0.1) is 0 Å². The molecule has 1 aromatic rings. The summed E-state index contributed by atoms with van der Waals surface area (Å²) in [6.07, 6.45) is 0.893. The molecule has 1 heterocycles. The Bertz CT molecular complexity index is 369. The highest BCUT2D eigenvalue weighted by atomic mass is 16.2. The topological polar surface area (TPSA) is 70.9 Å². The first kappa shape index (κ1) is 9.27. The van der Waals surface area contributed by atoms with Gasteiger partial charge >= 0.3 is 0 Å². The van der Waals surface area contributed by atoms with E-state index in [1.54, 1.807) is 0 Å². The van der Waals surface area contributed by atoms with E-state index in [-0.39, 0.29) is 18.0 Å². The van der Waals surface area contributed by atoms with E-state index in [1.165, 1.54) is 0 Å². The molecular weight excluding hydrogens is 178 g/mol. The van der Waals surface area contributed by atoms with Crippen molar-refractivity contribution in [3.63, 3.8) is 0 Å². The van der Waals surface area contributed by atoms with Crippen molar-refractivity contribution in [2.45, 2.75) is 32.4 Å². The van der Waals surface area contributed by atoms with Crippen LogP contribution >= 0.6 is 0 Å². The Morgan fingerprint density at radius 3 is 2.71 bits per heavy atom. The second-order valence-corrected chi connectivity index (χ2v) is 3.99. The summed E-state index contributed by atoms with van der Waals surface area (Å²) in [5.41, 5.74) is 8.25. The summed E-state index contributed by atoms with van der Waals surface area (Å²) in [4.78, 5) is 14.7. The van der Waals surface area contributed by atoms with Gasteiger partial charge in [0, 0.05) is 17.8 Å². The van der Waals surface area contributed by atoms with E-state index in [2.05, 4.69) is 10.3 Å². The van der Waals surface area contributed by atoms with E-state index >= 15 is 0 Å². The van der Waals surface area contributed by atoms with Crippen LogP contribution in [-0.4, -0.2) is 23.0 Å². The fourth-order valence-electron chi connectivity index (χ4n) is 1.59. The van der Waals surface area contributed by atoms with Crippen molar-refractivity contribution in [3.8, 4) is 0 Å². The molecule has 2 unspecified atom stereocenters. The van der Waals surface area contributed by atoms with Crippen LogP contribution in [0.15, 0.2) is 6.07 Å². The van der Waals surface area contributed by atoms with Gasteiger partial charge in [-0.05, 0) is 31.9 Å². The van der Waals surface area contributed by atoms with Gasteiger partial charge in [0.1, 0.15) is 5.69 Å². The third-order valence-corrected chi connectivity index (χ3v) is 2.53. The SMILES string of the molecule is Cc1cc(C)c(C(=O)NC2CC2N)[nH]1. The number of hydrogen-bond acceptors (Lipinski definition) is 2. The van der Waals surface area contributed by atoms with Crippen LogP contribution in [0.3, 0.4) is 0 Å². The van der Waals surface area contributed by atoms with Gasteiger partial charge in [0.2, 0.25) is 0 Å². The summed E-state index contributed by atoms with van der Waals surface area (Å²) in [7, 11) is 0. The fourth-order valence-corrected chi connectivity index (χ4v) is 1.59. The first-order valence-corrected chi connectivity index (χ1v) is 4.80. The first-order chi connectivity index (χ1) is 6.58. The van der Waals surface area contributed by atoms with Crippen LogP contribution in [0.4, 0.5) is 0 Å². The van der Waals surface area contributed by atoms with Crippen LogP contribution < -0.4 is 11.1 Å². The zero-order valence-electron chi connectivity index (χ0n) is 8.42.